The van der Waals surface area contributed by atoms with Crippen molar-refractivity contribution < 1.29 is 9.53 Å². The summed E-state index contributed by atoms with van der Waals surface area (Å²) in [6.07, 6.45) is 1.54. The maximum atomic E-state index is 11.0. The van der Waals surface area contributed by atoms with Crippen molar-refractivity contribution in [2.45, 2.75) is 6.54 Å². The zero-order chi connectivity index (χ0) is 8.97. The van der Waals surface area contributed by atoms with Gasteiger partial charge in [-0.05, 0) is 17.7 Å². The number of pyridine rings is 1. The number of aromatic nitrogens is 1. The second-order valence-corrected chi connectivity index (χ2v) is 2.25. The molecule has 0 radical (unpaired) electrons. The predicted molar refractivity (Wildman–Crippen MR) is 50.7 cm³/mol. The zero-order valence-corrected chi connectivity index (χ0v) is 8.00. The molecule has 0 saturated carbocycles. The molecule has 0 aliphatic carbocycles. The Hall–Kier alpha value is -1.13. The van der Waals surface area contributed by atoms with Gasteiger partial charge in [-0.25, -0.2) is 9.78 Å². The molecule has 0 fully saturated rings. The summed E-state index contributed by atoms with van der Waals surface area (Å²) in [6.45, 7) is 0.395. The smallest absolute Gasteiger partial charge is 0.356 e. The van der Waals surface area contributed by atoms with Crippen LogP contribution < -0.4 is 5.73 Å². The van der Waals surface area contributed by atoms with Gasteiger partial charge in [0.2, 0.25) is 0 Å². The molecule has 0 atom stereocenters. The zero-order valence-electron chi connectivity index (χ0n) is 7.19. The standard InChI is InChI=1S/C8H10N2O2.ClH/c1-12-8(11)7-4-6(5-9)2-3-10-7;/h2-4H,5,9H2,1H3;1H. The predicted octanol–water partition coefficient (Wildman–Crippen LogP) is 0.749. The number of nitrogens with two attached hydrogens (primary N) is 1. The van der Waals surface area contributed by atoms with Gasteiger partial charge in [0.25, 0.3) is 0 Å². The van der Waals surface area contributed by atoms with Crippen LogP contribution in [0.4, 0.5) is 0 Å². The third-order valence-electron chi connectivity index (χ3n) is 1.45. The molecule has 1 aromatic heterocycles. The first-order chi connectivity index (χ1) is 5.77. The molecular formula is C8H11ClN2O2. The largest absolute Gasteiger partial charge is 0.464 e. The van der Waals surface area contributed by atoms with Crippen molar-refractivity contribution in [3.63, 3.8) is 0 Å². The first kappa shape index (κ1) is 11.9. The Morgan fingerprint density at radius 2 is 2.38 bits per heavy atom. The van der Waals surface area contributed by atoms with Crippen LogP contribution in [0.2, 0.25) is 0 Å². The summed E-state index contributed by atoms with van der Waals surface area (Å²) in [5.41, 5.74) is 6.54. The van der Waals surface area contributed by atoms with E-state index >= 15 is 0 Å². The number of rotatable bonds is 2. The van der Waals surface area contributed by atoms with Gasteiger partial charge in [0.15, 0.2) is 0 Å². The lowest BCUT2D eigenvalue weighted by atomic mass is 10.2. The molecule has 2 N–H and O–H groups in total. The highest BCUT2D eigenvalue weighted by atomic mass is 35.5. The maximum Gasteiger partial charge on any atom is 0.356 e. The average Bonchev–Trinajstić information content (AvgIpc) is 2.17. The van der Waals surface area contributed by atoms with Gasteiger partial charge in [0, 0.05) is 12.7 Å². The number of nitrogens with zero attached hydrogens (tertiary/aromatic N) is 1. The monoisotopic (exact) mass is 202 g/mol. The van der Waals surface area contributed by atoms with E-state index in [1.807, 2.05) is 0 Å². The van der Waals surface area contributed by atoms with Gasteiger partial charge >= 0.3 is 5.97 Å². The Labute approximate surface area is 82.5 Å². The van der Waals surface area contributed by atoms with Gasteiger partial charge in [0.1, 0.15) is 5.69 Å². The van der Waals surface area contributed by atoms with Crippen LogP contribution in [0.5, 0.6) is 0 Å². The van der Waals surface area contributed by atoms with Crippen LogP contribution in [-0.4, -0.2) is 18.1 Å². The molecule has 4 nitrogen and oxygen atoms in total. The first-order valence-electron chi connectivity index (χ1n) is 3.51. The van der Waals surface area contributed by atoms with E-state index in [2.05, 4.69) is 9.72 Å². The van der Waals surface area contributed by atoms with Crippen molar-refractivity contribution in [2.24, 2.45) is 5.73 Å². The van der Waals surface area contributed by atoms with Crippen molar-refractivity contribution in [3.05, 3.63) is 29.6 Å². The molecule has 0 unspecified atom stereocenters. The molecule has 1 rings (SSSR count). The van der Waals surface area contributed by atoms with E-state index in [-0.39, 0.29) is 12.4 Å². The fourth-order valence-corrected chi connectivity index (χ4v) is 0.817. The molecule has 0 bridgehead atoms. The van der Waals surface area contributed by atoms with Gasteiger partial charge in [-0.2, -0.15) is 0 Å². The Balaban J connectivity index is 0.00000144. The lowest BCUT2D eigenvalue weighted by Gasteiger charge is -1.99. The Bertz CT molecular complexity index is 291. The van der Waals surface area contributed by atoms with E-state index in [4.69, 9.17) is 5.73 Å². The Morgan fingerprint density at radius 3 is 2.92 bits per heavy atom. The molecule has 0 amide bonds. The van der Waals surface area contributed by atoms with E-state index in [1.165, 1.54) is 13.3 Å². The van der Waals surface area contributed by atoms with Crippen LogP contribution in [-0.2, 0) is 11.3 Å². The van der Waals surface area contributed by atoms with Gasteiger partial charge in [-0.15, -0.1) is 12.4 Å². The van der Waals surface area contributed by atoms with Crippen LogP contribution >= 0.6 is 12.4 Å². The van der Waals surface area contributed by atoms with Crippen molar-refractivity contribution in [3.8, 4) is 0 Å². The summed E-state index contributed by atoms with van der Waals surface area (Å²) in [7, 11) is 1.32. The maximum absolute atomic E-state index is 11.0. The SMILES string of the molecule is COC(=O)c1cc(CN)ccn1.Cl. The lowest BCUT2D eigenvalue weighted by molar-refractivity contribution is 0.0594. The van der Waals surface area contributed by atoms with Crippen LogP contribution in [0, 0.1) is 0 Å². The van der Waals surface area contributed by atoms with Gasteiger partial charge in [-0.1, -0.05) is 0 Å². The highest BCUT2D eigenvalue weighted by molar-refractivity contribution is 5.87. The average molecular weight is 203 g/mol. The third-order valence-corrected chi connectivity index (χ3v) is 1.45. The number of esters is 1. The fourth-order valence-electron chi connectivity index (χ4n) is 0.817. The van der Waals surface area contributed by atoms with Gasteiger partial charge in [0.05, 0.1) is 7.11 Å². The van der Waals surface area contributed by atoms with E-state index in [9.17, 15) is 4.79 Å². The quantitative estimate of drug-likeness (QED) is 0.719. The molecular weight excluding hydrogens is 192 g/mol. The fraction of sp³-hybridized carbons (Fsp3) is 0.250. The minimum Gasteiger partial charge on any atom is -0.464 e. The lowest BCUT2D eigenvalue weighted by Crippen LogP contribution is -2.06. The number of methoxy groups -OCH3 is 1. The topological polar surface area (TPSA) is 65.2 Å². The molecule has 0 aliphatic rings. The third kappa shape index (κ3) is 3.01. The summed E-state index contributed by atoms with van der Waals surface area (Å²) in [6, 6.07) is 3.37. The van der Waals surface area contributed by atoms with E-state index in [1.54, 1.807) is 12.1 Å². The molecule has 0 spiro atoms. The normalized spacial score (nSPS) is 8.77. The molecule has 0 saturated heterocycles. The van der Waals surface area contributed by atoms with Crippen LogP contribution in [0.3, 0.4) is 0 Å². The van der Waals surface area contributed by atoms with Crippen molar-refractivity contribution in [1.29, 1.82) is 0 Å². The molecule has 0 aliphatic heterocycles. The van der Waals surface area contributed by atoms with E-state index in [0.29, 0.717) is 12.2 Å². The number of carbonyl (C=O) groups excluding carboxylic acids is 1. The molecule has 1 aromatic rings. The Kier molecular flexibility index (Phi) is 5.03. The van der Waals surface area contributed by atoms with Crippen LogP contribution in [0.25, 0.3) is 0 Å². The number of carbonyl (C=O) groups is 1. The van der Waals surface area contributed by atoms with Crippen LogP contribution in [0.1, 0.15) is 16.1 Å². The van der Waals surface area contributed by atoms with Gasteiger partial charge in [-0.3, -0.25) is 0 Å². The van der Waals surface area contributed by atoms with Crippen molar-refractivity contribution in [2.75, 3.05) is 7.11 Å². The summed E-state index contributed by atoms with van der Waals surface area (Å²) in [5, 5.41) is 0. The summed E-state index contributed by atoms with van der Waals surface area (Å²) < 4.78 is 4.49. The Morgan fingerprint density at radius 1 is 1.69 bits per heavy atom. The molecule has 13 heavy (non-hydrogen) atoms. The summed E-state index contributed by atoms with van der Waals surface area (Å²) >= 11 is 0. The molecule has 0 aromatic carbocycles. The molecule has 72 valence electrons. The second-order valence-electron chi connectivity index (χ2n) is 2.25. The molecule has 5 heteroatoms. The van der Waals surface area contributed by atoms with E-state index < -0.39 is 5.97 Å². The minimum atomic E-state index is -0.440. The second kappa shape index (κ2) is 5.50. The molecule has 1 heterocycles. The summed E-state index contributed by atoms with van der Waals surface area (Å²) in [4.78, 5) is 14.8. The minimum absolute atomic E-state index is 0. The van der Waals surface area contributed by atoms with Crippen molar-refractivity contribution >= 4 is 18.4 Å². The van der Waals surface area contributed by atoms with Gasteiger partial charge < -0.3 is 10.5 Å². The summed E-state index contributed by atoms with van der Waals surface area (Å²) in [5.74, 6) is -0.440. The number of hydrogen-bond donors (Lipinski definition) is 1. The highest BCUT2D eigenvalue weighted by Crippen LogP contribution is 2.01. The number of hydrogen-bond acceptors (Lipinski definition) is 4. The first-order valence-corrected chi connectivity index (χ1v) is 3.51. The number of ether oxygens (including phenoxy) is 1. The van der Waals surface area contributed by atoms with E-state index in [0.717, 1.165) is 5.56 Å². The van der Waals surface area contributed by atoms with Crippen molar-refractivity contribution in [1.82, 2.24) is 4.98 Å². The number of halogens is 1. The van der Waals surface area contributed by atoms with Crippen LogP contribution in [0.15, 0.2) is 18.3 Å². The highest BCUT2D eigenvalue weighted by Gasteiger charge is 2.05.